The minimum absolute atomic E-state index is 0.0364. The summed E-state index contributed by atoms with van der Waals surface area (Å²) in [6, 6.07) is 0. The Kier molecular flexibility index (Phi) is 52.4. The number of aliphatic carboxylic acids is 1. The zero-order chi connectivity index (χ0) is 60.3. The lowest BCUT2D eigenvalue weighted by Gasteiger charge is -2.40. The zero-order valence-electron chi connectivity index (χ0n) is 51.6. The highest BCUT2D eigenvalue weighted by Crippen LogP contribution is 2.26. The van der Waals surface area contributed by atoms with E-state index in [0.717, 1.165) is 161 Å². The molecule has 0 bridgehead atoms. The van der Waals surface area contributed by atoms with E-state index in [1.807, 2.05) is 12.2 Å². The number of carbonyl (C=O) groups is 4. The minimum atomic E-state index is -1.92. The standard InChI is InChI=1S/C71H112O12/c1-4-7-10-13-16-19-22-25-28-31-32-35-36-39-42-45-48-51-54-57-63(72)79-60-62(81-64(73)58-55-52-49-46-43-40-37-33-29-26-23-20-17-14-11-8-5-2)61-80-71-69(67(76)66(75)68(83-71)70(77)78)82-65(74)59-56-53-50-47-44-41-38-34-30-27-24-21-18-15-12-9-6-3/h7-8,10-11,16-21,25-30,32,35,39,42,48,51,62,66-69,71,75-76H,4-6,9,12-15,22-24,31,33-34,36-38,40-41,43-47,49-50,52-61H2,1-3H3,(H,77,78)/b10-7-,11-8-,19-16-,20-17-,21-18-,28-25-,29-26-,30-27-,35-32-,42-39-,51-48-. The molecule has 1 fully saturated rings. The first kappa shape index (κ1) is 75.9. The third-order valence-electron chi connectivity index (χ3n) is 13.7. The van der Waals surface area contributed by atoms with E-state index < -0.39 is 67.3 Å². The van der Waals surface area contributed by atoms with E-state index >= 15 is 0 Å². The van der Waals surface area contributed by atoms with Crippen molar-refractivity contribution in [3.8, 4) is 0 Å². The molecule has 0 saturated carbocycles. The summed E-state index contributed by atoms with van der Waals surface area (Å²) in [5.41, 5.74) is 0. The second kappa shape index (κ2) is 57.3. The summed E-state index contributed by atoms with van der Waals surface area (Å²) in [6.07, 6.45) is 68.4. The summed E-state index contributed by atoms with van der Waals surface area (Å²) in [6.45, 7) is 5.67. The van der Waals surface area contributed by atoms with Crippen LogP contribution in [0.1, 0.15) is 239 Å². The van der Waals surface area contributed by atoms with Gasteiger partial charge in [0.2, 0.25) is 0 Å². The lowest BCUT2D eigenvalue weighted by atomic mass is 9.98. The van der Waals surface area contributed by atoms with E-state index in [1.165, 1.54) is 19.3 Å². The molecule has 0 aromatic carbocycles. The molecule has 1 aliphatic rings. The second-order valence-electron chi connectivity index (χ2n) is 21.3. The van der Waals surface area contributed by atoms with Gasteiger partial charge < -0.3 is 39.0 Å². The average Bonchev–Trinajstić information content (AvgIpc) is 3.59. The highest BCUT2D eigenvalue weighted by Gasteiger charge is 2.50. The van der Waals surface area contributed by atoms with Crippen LogP contribution < -0.4 is 0 Å². The Morgan fingerprint density at radius 3 is 1.20 bits per heavy atom. The van der Waals surface area contributed by atoms with E-state index in [1.54, 1.807) is 0 Å². The number of carboxylic acid groups (broad SMARTS) is 1. The fraction of sp³-hybridized carbons (Fsp3) is 0.634. The molecule has 1 saturated heterocycles. The number of rotatable bonds is 53. The molecule has 1 aliphatic heterocycles. The van der Waals surface area contributed by atoms with E-state index in [9.17, 15) is 34.5 Å². The topological polar surface area (TPSA) is 175 Å². The number of carboxylic acids is 1. The van der Waals surface area contributed by atoms with Gasteiger partial charge in [0.25, 0.3) is 0 Å². The van der Waals surface area contributed by atoms with Gasteiger partial charge in [-0.2, -0.15) is 0 Å². The van der Waals surface area contributed by atoms with Crippen LogP contribution in [0.15, 0.2) is 134 Å². The van der Waals surface area contributed by atoms with E-state index in [-0.39, 0.29) is 25.9 Å². The van der Waals surface area contributed by atoms with Crippen molar-refractivity contribution >= 4 is 23.9 Å². The van der Waals surface area contributed by atoms with Crippen LogP contribution in [0.3, 0.4) is 0 Å². The van der Waals surface area contributed by atoms with Crippen molar-refractivity contribution < 1.29 is 58.2 Å². The number of esters is 3. The molecule has 0 aromatic heterocycles. The van der Waals surface area contributed by atoms with E-state index in [4.69, 9.17) is 23.7 Å². The van der Waals surface area contributed by atoms with Gasteiger partial charge in [-0.15, -0.1) is 0 Å². The number of aliphatic hydroxyl groups excluding tert-OH is 2. The first-order valence-electron chi connectivity index (χ1n) is 32.2. The summed E-state index contributed by atoms with van der Waals surface area (Å²) in [4.78, 5) is 51.3. The number of carbonyl (C=O) groups excluding carboxylic acids is 3. The number of allylic oxidation sites excluding steroid dienone is 22. The Labute approximate surface area is 502 Å². The van der Waals surface area contributed by atoms with Gasteiger partial charge in [0.05, 0.1) is 6.61 Å². The number of hydrogen-bond acceptors (Lipinski definition) is 11. The Bertz CT molecular complexity index is 1950. The third-order valence-corrected chi connectivity index (χ3v) is 13.7. The largest absolute Gasteiger partial charge is 0.479 e. The molecule has 0 radical (unpaired) electrons. The van der Waals surface area contributed by atoms with Crippen LogP contribution in [0.25, 0.3) is 0 Å². The van der Waals surface area contributed by atoms with Gasteiger partial charge >= 0.3 is 23.9 Å². The van der Waals surface area contributed by atoms with Crippen LogP contribution in [0, 0.1) is 0 Å². The normalized spacial score (nSPS) is 18.5. The molecule has 468 valence electrons. The highest BCUT2D eigenvalue weighted by atomic mass is 16.7. The van der Waals surface area contributed by atoms with Crippen molar-refractivity contribution in [3.63, 3.8) is 0 Å². The van der Waals surface area contributed by atoms with Crippen molar-refractivity contribution in [1.82, 2.24) is 0 Å². The number of ether oxygens (including phenoxy) is 5. The van der Waals surface area contributed by atoms with Gasteiger partial charge in [-0.3, -0.25) is 14.4 Å². The number of aliphatic hydroxyl groups is 2. The SMILES string of the molecule is CC/C=C\C/C=C\C/C=C\C/C=C\C/C=C\C/C=C\CCC(=O)OCC(COC1OC(C(=O)O)C(O)C(O)C1OC(=O)CCCCCCCCC/C=C\C/C=C\CCCCC)OC(=O)CCCCCCCCC/C=C\C/C=C\C/C=C\CC. The highest BCUT2D eigenvalue weighted by molar-refractivity contribution is 5.74. The number of hydrogen-bond donors (Lipinski definition) is 3. The van der Waals surface area contributed by atoms with Gasteiger partial charge in [-0.05, 0) is 122 Å². The second-order valence-corrected chi connectivity index (χ2v) is 21.3. The van der Waals surface area contributed by atoms with Crippen molar-refractivity contribution in [2.75, 3.05) is 13.2 Å². The molecule has 83 heavy (non-hydrogen) atoms. The summed E-state index contributed by atoms with van der Waals surface area (Å²) < 4.78 is 28.4. The Morgan fingerprint density at radius 2 is 0.783 bits per heavy atom. The Balaban J connectivity index is 2.73. The van der Waals surface area contributed by atoms with Crippen LogP contribution in [0.4, 0.5) is 0 Å². The fourth-order valence-electron chi connectivity index (χ4n) is 8.85. The summed E-state index contributed by atoms with van der Waals surface area (Å²) in [7, 11) is 0. The van der Waals surface area contributed by atoms with Gasteiger partial charge in [0, 0.05) is 19.3 Å². The molecule has 0 spiro atoms. The molecular formula is C71H112O12. The predicted octanol–water partition coefficient (Wildman–Crippen LogP) is 17.3. The van der Waals surface area contributed by atoms with Crippen molar-refractivity contribution in [1.29, 1.82) is 0 Å². The maximum atomic E-state index is 13.2. The lowest BCUT2D eigenvalue weighted by Crippen LogP contribution is -2.61. The molecule has 0 aromatic rings. The molecular weight excluding hydrogens is 1040 g/mol. The molecule has 12 heteroatoms. The molecule has 3 N–H and O–H groups in total. The van der Waals surface area contributed by atoms with Gasteiger partial charge in [-0.1, -0.05) is 231 Å². The monoisotopic (exact) mass is 1160 g/mol. The van der Waals surface area contributed by atoms with Crippen molar-refractivity contribution in [2.45, 2.75) is 276 Å². The van der Waals surface area contributed by atoms with Gasteiger partial charge in [0.1, 0.15) is 18.8 Å². The molecule has 0 amide bonds. The Hall–Kier alpha value is -5.14. The van der Waals surface area contributed by atoms with Gasteiger partial charge in [-0.25, -0.2) is 4.79 Å². The predicted molar refractivity (Wildman–Crippen MR) is 340 cm³/mol. The quantitative estimate of drug-likeness (QED) is 0.0228. The zero-order valence-corrected chi connectivity index (χ0v) is 51.6. The maximum absolute atomic E-state index is 13.2. The van der Waals surface area contributed by atoms with Crippen LogP contribution in [-0.4, -0.2) is 89.2 Å². The molecule has 1 heterocycles. The minimum Gasteiger partial charge on any atom is -0.479 e. The van der Waals surface area contributed by atoms with Crippen LogP contribution >= 0.6 is 0 Å². The maximum Gasteiger partial charge on any atom is 0.335 e. The smallest absolute Gasteiger partial charge is 0.335 e. The first-order valence-corrected chi connectivity index (χ1v) is 32.2. The van der Waals surface area contributed by atoms with Crippen molar-refractivity contribution in [3.05, 3.63) is 134 Å². The average molecular weight is 1160 g/mol. The van der Waals surface area contributed by atoms with Crippen molar-refractivity contribution in [2.24, 2.45) is 0 Å². The lowest BCUT2D eigenvalue weighted by molar-refractivity contribution is -0.301. The molecule has 6 atom stereocenters. The van der Waals surface area contributed by atoms with Gasteiger partial charge in [0.15, 0.2) is 24.6 Å². The van der Waals surface area contributed by atoms with Crippen LogP contribution in [-0.2, 0) is 42.9 Å². The molecule has 0 aliphatic carbocycles. The molecule has 1 rings (SSSR count). The van der Waals surface area contributed by atoms with Crippen LogP contribution in [0.2, 0.25) is 0 Å². The summed E-state index contributed by atoms with van der Waals surface area (Å²) >= 11 is 0. The molecule has 6 unspecified atom stereocenters. The first-order chi connectivity index (χ1) is 40.6. The van der Waals surface area contributed by atoms with Crippen LogP contribution in [0.5, 0.6) is 0 Å². The van der Waals surface area contributed by atoms with E-state index in [2.05, 4.69) is 142 Å². The summed E-state index contributed by atoms with van der Waals surface area (Å²) in [5, 5.41) is 31.6. The third kappa shape index (κ3) is 46.9. The fourth-order valence-corrected chi connectivity index (χ4v) is 8.85. The number of unbranched alkanes of at least 4 members (excludes halogenated alkanes) is 17. The Morgan fingerprint density at radius 1 is 0.410 bits per heavy atom. The van der Waals surface area contributed by atoms with E-state index in [0.29, 0.717) is 19.3 Å². The molecule has 12 nitrogen and oxygen atoms in total. The summed E-state index contributed by atoms with van der Waals surface area (Å²) in [5.74, 6) is -3.27.